The molecule has 1 aromatic rings. The van der Waals surface area contributed by atoms with E-state index in [9.17, 15) is 0 Å². The van der Waals surface area contributed by atoms with Gasteiger partial charge in [0.1, 0.15) is 6.17 Å². The summed E-state index contributed by atoms with van der Waals surface area (Å²) in [5.74, 6) is 0. The topological polar surface area (TPSA) is 6.48 Å². The fourth-order valence-electron chi connectivity index (χ4n) is 2.88. The summed E-state index contributed by atoms with van der Waals surface area (Å²) in [5, 5.41) is 0. The van der Waals surface area contributed by atoms with Crippen LogP contribution in [0.15, 0.2) is 42.7 Å². The second-order valence-corrected chi connectivity index (χ2v) is 5.61. The van der Waals surface area contributed by atoms with Crippen LogP contribution in [0, 0.1) is 0 Å². The van der Waals surface area contributed by atoms with Crippen LogP contribution < -0.4 is 4.90 Å². The molecule has 2 nitrogen and oxygen atoms in total. The van der Waals surface area contributed by atoms with E-state index in [0.717, 1.165) is 0 Å². The van der Waals surface area contributed by atoms with E-state index in [1.165, 1.54) is 50.8 Å². The summed E-state index contributed by atoms with van der Waals surface area (Å²) < 4.78 is 0. The van der Waals surface area contributed by atoms with Gasteiger partial charge in [-0.15, -0.1) is 0 Å². The highest BCUT2D eigenvalue weighted by atomic mass is 15.4. The summed E-state index contributed by atoms with van der Waals surface area (Å²) in [6, 6.07) is 10.7. The second kappa shape index (κ2) is 7.98. The molecule has 0 bridgehead atoms. The van der Waals surface area contributed by atoms with Crippen molar-refractivity contribution >= 4 is 5.69 Å². The maximum Gasteiger partial charge on any atom is 0.105 e. The highest BCUT2D eigenvalue weighted by Gasteiger charge is 2.25. The Morgan fingerprint density at radius 3 is 2.40 bits per heavy atom. The van der Waals surface area contributed by atoms with Gasteiger partial charge in [-0.2, -0.15) is 0 Å². The molecule has 0 N–H and O–H groups in total. The third-order valence-electron chi connectivity index (χ3n) is 3.99. The van der Waals surface area contributed by atoms with E-state index in [1.807, 2.05) is 0 Å². The maximum atomic E-state index is 2.52. The van der Waals surface area contributed by atoms with E-state index in [0.29, 0.717) is 6.17 Å². The second-order valence-electron chi connectivity index (χ2n) is 5.61. The highest BCUT2D eigenvalue weighted by molar-refractivity contribution is 5.51. The molecule has 1 unspecified atom stereocenters. The number of para-hydroxylation sites is 1. The summed E-state index contributed by atoms with van der Waals surface area (Å²) in [5.41, 5.74) is 1.30. The normalized spacial score (nSPS) is 18.0. The minimum absolute atomic E-state index is 0.504. The molecule has 0 fully saturated rings. The molecule has 1 atom stereocenters. The molecule has 1 aliphatic heterocycles. The molecular formula is C18H28N2. The number of hydrogen-bond acceptors (Lipinski definition) is 2. The van der Waals surface area contributed by atoms with Crippen molar-refractivity contribution in [1.29, 1.82) is 0 Å². The van der Waals surface area contributed by atoms with E-state index in [1.54, 1.807) is 0 Å². The van der Waals surface area contributed by atoms with Gasteiger partial charge in [-0.1, -0.05) is 57.7 Å². The predicted molar refractivity (Wildman–Crippen MR) is 87.6 cm³/mol. The quantitative estimate of drug-likeness (QED) is 0.615. The van der Waals surface area contributed by atoms with Gasteiger partial charge in [0.15, 0.2) is 0 Å². The molecule has 0 spiro atoms. The van der Waals surface area contributed by atoms with Crippen molar-refractivity contribution in [3.63, 3.8) is 0 Å². The van der Waals surface area contributed by atoms with Crippen molar-refractivity contribution in [2.24, 2.45) is 0 Å². The zero-order valence-electron chi connectivity index (χ0n) is 13.0. The smallest absolute Gasteiger partial charge is 0.105 e. The number of nitrogens with zero attached hydrogens (tertiary/aromatic N) is 2. The largest absolute Gasteiger partial charge is 0.356 e. The number of unbranched alkanes of at least 4 members (excludes halogenated alkanes) is 3. The van der Waals surface area contributed by atoms with E-state index in [4.69, 9.17) is 0 Å². The SMILES string of the molecule is CCCCCCN1C=CN(c2ccccc2)C1CCC. The van der Waals surface area contributed by atoms with Crippen LogP contribution in [-0.4, -0.2) is 17.6 Å². The fourth-order valence-corrected chi connectivity index (χ4v) is 2.88. The van der Waals surface area contributed by atoms with Gasteiger partial charge in [-0.25, -0.2) is 0 Å². The van der Waals surface area contributed by atoms with Gasteiger partial charge in [0, 0.05) is 24.6 Å². The first-order chi connectivity index (χ1) is 9.86. The molecule has 0 saturated heterocycles. The summed E-state index contributed by atoms with van der Waals surface area (Å²) in [7, 11) is 0. The Kier molecular flexibility index (Phi) is 5.97. The van der Waals surface area contributed by atoms with Gasteiger partial charge < -0.3 is 9.80 Å². The van der Waals surface area contributed by atoms with Gasteiger partial charge in [0.2, 0.25) is 0 Å². The Morgan fingerprint density at radius 1 is 0.900 bits per heavy atom. The molecule has 20 heavy (non-hydrogen) atoms. The number of rotatable bonds is 8. The van der Waals surface area contributed by atoms with E-state index >= 15 is 0 Å². The predicted octanol–water partition coefficient (Wildman–Crippen LogP) is 4.99. The lowest BCUT2D eigenvalue weighted by Crippen LogP contribution is -2.39. The van der Waals surface area contributed by atoms with E-state index in [2.05, 4.69) is 66.4 Å². The minimum atomic E-state index is 0.504. The van der Waals surface area contributed by atoms with Crippen LogP contribution in [0.1, 0.15) is 52.4 Å². The van der Waals surface area contributed by atoms with Crippen LogP contribution >= 0.6 is 0 Å². The Hall–Kier alpha value is -1.44. The van der Waals surface area contributed by atoms with Crippen molar-refractivity contribution in [2.45, 2.75) is 58.5 Å². The van der Waals surface area contributed by atoms with Gasteiger partial charge in [-0.05, 0) is 25.0 Å². The standard InChI is InChI=1S/C18H28N2/c1-3-5-6-10-14-19-15-16-20(18(19)11-4-2)17-12-8-7-9-13-17/h7-9,12-13,15-16,18H,3-6,10-11,14H2,1-2H3. The van der Waals surface area contributed by atoms with Gasteiger partial charge in [0.05, 0.1) is 0 Å². The highest BCUT2D eigenvalue weighted by Crippen LogP contribution is 2.27. The summed E-state index contributed by atoms with van der Waals surface area (Å²) >= 11 is 0. The van der Waals surface area contributed by atoms with Gasteiger partial charge >= 0.3 is 0 Å². The first kappa shape index (κ1) is 15.0. The van der Waals surface area contributed by atoms with Gasteiger partial charge in [0.25, 0.3) is 0 Å². The molecule has 0 saturated carbocycles. The Bertz CT molecular complexity index is 399. The summed E-state index contributed by atoms with van der Waals surface area (Å²) in [6.07, 6.45) is 12.8. The number of hydrogen-bond donors (Lipinski definition) is 0. The van der Waals surface area contributed by atoms with Crippen molar-refractivity contribution in [1.82, 2.24) is 4.90 Å². The molecule has 110 valence electrons. The van der Waals surface area contributed by atoms with Crippen molar-refractivity contribution in [2.75, 3.05) is 11.4 Å². The van der Waals surface area contributed by atoms with Crippen LogP contribution in [0.25, 0.3) is 0 Å². The molecule has 2 heteroatoms. The number of anilines is 1. The summed E-state index contributed by atoms with van der Waals surface area (Å²) in [4.78, 5) is 4.94. The molecule has 1 aromatic carbocycles. The van der Waals surface area contributed by atoms with Crippen molar-refractivity contribution < 1.29 is 0 Å². The first-order valence-corrected chi connectivity index (χ1v) is 8.14. The monoisotopic (exact) mass is 272 g/mol. The average molecular weight is 272 g/mol. The zero-order valence-corrected chi connectivity index (χ0v) is 13.0. The molecule has 0 aromatic heterocycles. The summed E-state index contributed by atoms with van der Waals surface area (Å²) in [6.45, 7) is 5.73. The Morgan fingerprint density at radius 2 is 1.70 bits per heavy atom. The average Bonchev–Trinajstić information content (AvgIpc) is 2.88. The van der Waals surface area contributed by atoms with E-state index in [-0.39, 0.29) is 0 Å². The first-order valence-electron chi connectivity index (χ1n) is 8.14. The lowest BCUT2D eigenvalue weighted by Gasteiger charge is -2.32. The Labute approximate surface area is 124 Å². The Balaban J connectivity index is 1.96. The van der Waals surface area contributed by atoms with Crippen LogP contribution in [0.5, 0.6) is 0 Å². The molecule has 0 aliphatic carbocycles. The van der Waals surface area contributed by atoms with Crippen LogP contribution in [0.4, 0.5) is 5.69 Å². The van der Waals surface area contributed by atoms with Crippen LogP contribution in [0.3, 0.4) is 0 Å². The maximum absolute atomic E-state index is 2.52. The minimum Gasteiger partial charge on any atom is -0.356 e. The lowest BCUT2D eigenvalue weighted by atomic mass is 10.1. The zero-order chi connectivity index (χ0) is 14.2. The molecule has 1 aliphatic rings. The number of benzene rings is 1. The van der Waals surface area contributed by atoms with Crippen LogP contribution in [0.2, 0.25) is 0 Å². The molecule has 0 radical (unpaired) electrons. The van der Waals surface area contributed by atoms with Crippen LogP contribution in [-0.2, 0) is 0 Å². The van der Waals surface area contributed by atoms with Crippen molar-refractivity contribution in [3.05, 3.63) is 42.7 Å². The van der Waals surface area contributed by atoms with Gasteiger partial charge in [-0.3, -0.25) is 0 Å². The lowest BCUT2D eigenvalue weighted by molar-refractivity contribution is 0.278. The third kappa shape index (κ3) is 3.78. The third-order valence-corrected chi connectivity index (χ3v) is 3.99. The van der Waals surface area contributed by atoms with Crippen molar-refractivity contribution in [3.8, 4) is 0 Å². The fraction of sp³-hybridized carbons (Fsp3) is 0.556. The molecule has 0 amide bonds. The molecule has 2 rings (SSSR count). The molecular weight excluding hydrogens is 244 g/mol. The van der Waals surface area contributed by atoms with E-state index < -0.39 is 0 Å². The molecule has 1 heterocycles.